The zero-order valence-electron chi connectivity index (χ0n) is 16.6. The molecule has 2 heterocycles. The van der Waals surface area contributed by atoms with Crippen molar-refractivity contribution in [1.29, 1.82) is 0 Å². The fraction of sp³-hybridized carbons (Fsp3) is 0.318. The summed E-state index contributed by atoms with van der Waals surface area (Å²) in [6.07, 6.45) is 0. The number of para-hydroxylation sites is 1. The van der Waals surface area contributed by atoms with E-state index in [0.29, 0.717) is 31.1 Å². The number of rotatable bonds is 5. The molecule has 0 radical (unpaired) electrons. The molecule has 29 heavy (non-hydrogen) atoms. The van der Waals surface area contributed by atoms with E-state index >= 15 is 0 Å². The molecule has 0 saturated carbocycles. The molecule has 1 saturated heterocycles. The Bertz CT molecular complexity index is 1130. The first kappa shape index (κ1) is 19.8. The van der Waals surface area contributed by atoms with Gasteiger partial charge in [-0.05, 0) is 32.0 Å². The van der Waals surface area contributed by atoms with Gasteiger partial charge in [-0.25, -0.2) is 8.42 Å². The summed E-state index contributed by atoms with van der Waals surface area (Å²) in [4.78, 5) is 18.9. The second kappa shape index (κ2) is 7.74. The number of piperazine rings is 1. The van der Waals surface area contributed by atoms with Crippen LogP contribution in [0.4, 0.5) is 0 Å². The smallest absolute Gasteiger partial charge is 0.243 e. The van der Waals surface area contributed by atoms with Crippen LogP contribution >= 0.6 is 0 Å². The minimum Gasteiger partial charge on any atom is -0.358 e. The van der Waals surface area contributed by atoms with E-state index in [0.717, 1.165) is 22.2 Å². The molecular formula is C22H25N3O3S. The number of hydrogen-bond donors (Lipinski definition) is 1. The van der Waals surface area contributed by atoms with Gasteiger partial charge in [0.2, 0.25) is 10.0 Å². The number of aromatic nitrogens is 1. The number of ketones is 1. The van der Waals surface area contributed by atoms with Gasteiger partial charge in [0.15, 0.2) is 5.78 Å². The lowest BCUT2D eigenvalue weighted by molar-refractivity contribution is 0.0783. The number of nitrogens with one attached hydrogen (secondary N) is 1. The largest absolute Gasteiger partial charge is 0.358 e. The number of nitrogens with zero attached hydrogens (tertiary/aromatic N) is 2. The predicted molar refractivity (Wildman–Crippen MR) is 114 cm³/mol. The van der Waals surface area contributed by atoms with Crippen LogP contribution in [0.2, 0.25) is 0 Å². The van der Waals surface area contributed by atoms with Crippen molar-refractivity contribution in [3.05, 3.63) is 65.9 Å². The van der Waals surface area contributed by atoms with Crippen LogP contribution in [0, 0.1) is 6.92 Å². The highest BCUT2D eigenvalue weighted by atomic mass is 32.2. The highest BCUT2D eigenvalue weighted by Crippen LogP contribution is 2.25. The quantitative estimate of drug-likeness (QED) is 0.655. The van der Waals surface area contributed by atoms with Gasteiger partial charge in [0.1, 0.15) is 0 Å². The van der Waals surface area contributed by atoms with Crippen molar-refractivity contribution in [2.45, 2.75) is 24.8 Å². The summed E-state index contributed by atoms with van der Waals surface area (Å²) in [5.74, 6) is 0.0688. The molecule has 1 aliphatic heterocycles. The fourth-order valence-electron chi connectivity index (χ4n) is 4.04. The minimum atomic E-state index is -3.49. The average Bonchev–Trinajstić information content (AvgIpc) is 3.09. The van der Waals surface area contributed by atoms with Crippen LogP contribution in [0.1, 0.15) is 23.0 Å². The zero-order chi connectivity index (χ0) is 20.6. The molecule has 0 aliphatic carbocycles. The van der Waals surface area contributed by atoms with Crippen LogP contribution in [0.5, 0.6) is 0 Å². The highest BCUT2D eigenvalue weighted by molar-refractivity contribution is 7.89. The lowest BCUT2D eigenvalue weighted by Crippen LogP contribution is -2.53. The maximum absolute atomic E-state index is 13.2. The summed E-state index contributed by atoms with van der Waals surface area (Å²) in [5, 5.41) is 0.937. The van der Waals surface area contributed by atoms with E-state index in [1.54, 1.807) is 30.3 Å². The Morgan fingerprint density at radius 3 is 2.28 bits per heavy atom. The van der Waals surface area contributed by atoms with Crippen molar-refractivity contribution in [1.82, 2.24) is 14.2 Å². The van der Waals surface area contributed by atoms with Gasteiger partial charge in [-0.15, -0.1) is 0 Å². The van der Waals surface area contributed by atoms with Crippen molar-refractivity contribution < 1.29 is 13.2 Å². The van der Waals surface area contributed by atoms with E-state index in [9.17, 15) is 13.2 Å². The van der Waals surface area contributed by atoms with Crippen LogP contribution in [-0.4, -0.2) is 60.6 Å². The molecular weight excluding hydrogens is 386 g/mol. The van der Waals surface area contributed by atoms with Gasteiger partial charge in [-0.3, -0.25) is 9.69 Å². The number of carbonyl (C=O) groups excluding carboxylic acids is 1. The number of aromatic amines is 1. The number of Topliss-reactive ketones (excluding diaryl/α,β-unsaturated/α-hetero) is 1. The molecule has 3 aromatic rings. The summed E-state index contributed by atoms with van der Waals surface area (Å²) in [6.45, 7) is 5.64. The van der Waals surface area contributed by atoms with E-state index in [1.165, 1.54) is 4.31 Å². The molecule has 2 aromatic carbocycles. The van der Waals surface area contributed by atoms with Crippen molar-refractivity contribution >= 4 is 26.7 Å². The van der Waals surface area contributed by atoms with E-state index in [4.69, 9.17) is 0 Å². The van der Waals surface area contributed by atoms with Crippen LogP contribution < -0.4 is 0 Å². The summed E-state index contributed by atoms with van der Waals surface area (Å²) in [5.41, 5.74) is 2.56. The molecule has 1 aromatic heterocycles. The van der Waals surface area contributed by atoms with Crippen LogP contribution in [0.3, 0.4) is 0 Å². The number of hydrogen-bond acceptors (Lipinski definition) is 4. The van der Waals surface area contributed by atoms with Gasteiger partial charge < -0.3 is 4.98 Å². The Morgan fingerprint density at radius 1 is 0.966 bits per heavy atom. The first-order valence-corrected chi connectivity index (χ1v) is 11.2. The Kier molecular flexibility index (Phi) is 5.29. The summed E-state index contributed by atoms with van der Waals surface area (Å²) in [6, 6.07) is 16.0. The molecule has 1 fully saturated rings. The van der Waals surface area contributed by atoms with Crippen molar-refractivity contribution in [3.63, 3.8) is 0 Å². The number of sulfonamides is 1. The molecule has 4 rings (SSSR count). The average molecular weight is 412 g/mol. The number of benzene rings is 2. The van der Waals surface area contributed by atoms with Gasteiger partial charge in [0, 0.05) is 48.3 Å². The fourth-order valence-corrected chi connectivity index (χ4v) is 5.48. The summed E-state index contributed by atoms with van der Waals surface area (Å²) < 4.78 is 27.1. The van der Waals surface area contributed by atoms with E-state index in [2.05, 4.69) is 9.88 Å². The van der Waals surface area contributed by atoms with Gasteiger partial charge in [0.05, 0.1) is 10.9 Å². The maximum Gasteiger partial charge on any atom is 0.243 e. The Hall–Kier alpha value is -2.48. The molecule has 1 N–H and O–H groups in total. The van der Waals surface area contributed by atoms with Crippen LogP contribution in [-0.2, 0) is 10.0 Å². The van der Waals surface area contributed by atoms with Crippen molar-refractivity contribution in [2.75, 3.05) is 26.2 Å². The number of aryl methyl sites for hydroxylation is 1. The molecule has 7 heteroatoms. The molecule has 1 aliphatic rings. The highest BCUT2D eigenvalue weighted by Gasteiger charge is 2.33. The van der Waals surface area contributed by atoms with Gasteiger partial charge >= 0.3 is 0 Å². The number of fused-ring (bicyclic) bond motifs is 1. The monoisotopic (exact) mass is 411 g/mol. The minimum absolute atomic E-state index is 0.0688. The van der Waals surface area contributed by atoms with Crippen LogP contribution in [0.25, 0.3) is 10.9 Å². The molecule has 0 bridgehead atoms. The van der Waals surface area contributed by atoms with Gasteiger partial charge in [-0.1, -0.05) is 36.4 Å². The van der Waals surface area contributed by atoms with Crippen molar-refractivity contribution in [2.24, 2.45) is 0 Å². The van der Waals surface area contributed by atoms with Crippen LogP contribution in [0.15, 0.2) is 59.5 Å². The van der Waals surface area contributed by atoms with Gasteiger partial charge in [-0.2, -0.15) is 4.31 Å². The van der Waals surface area contributed by atoms with E-state index in [-0.39, 0.29) is 11.8 Å². The Morgan fingerprint density at radius 2 is 1.59 bits per heavy atom. The lowest BCUT2D eigenvalue weighted by Gasteiger charge is -2.36. The van der Waals surface area contributed by atoms with Crippen molar-refractivity contribution in [3.8, 4) is 0 Å². The second-order valence-corrected chi connectivity index (χ2v) is 9.40. The Balaban J connectivity index is 1.48. The second-order valence-electron chi connectivity index (χ2n) is 7.46. The summed E-state index contributed by atoms with van der Waals surface area (Å²) >= 11 is 0. The standard InChI is InChI=1S/C22H25N3O3S/c1-16-21(19-10-6-7-11-20(19)23-16)22(26)17(2)24-12-14-25(15-13-24)29(27,28)18-8-4-3-5-9-18/h3-11,17,23H,12-15H2,1-2H3/t17-/m0/s1. The molecule has 1 atom stereocenters. The SMILES string of the molecule is Cc1[nH]c2ccccc2c1C(=O)[C@H](C)N1CCN(S(=O)(=O)c2ccccc2)CC1. The predicted octanol–water partition coefficient (Wildman–Crippen LogP) is 3.05. The normalized spacial score (nSPS) is 17.4. The third-order valence-corrected chi connectivity index (χ3v) is 7.63. The molecule has 0 amide bonds. The number of H-pyrrole nitrogens is 1. The molecule has 152 valence electrons. The van der Waals surface area contributed by atoms with Gasteiger partial charge in [0.25, 0.3) is 0 Å². The summed E-state index contributed by atoms with van der Waals surface area (Å²) in [7, 11) is -3.49. The maximum atomic E-state index is 13.2. The first-order chi connectivity index (χ1) is 13.9. The number of carbonyl (C=O) groups is 1. The molecule has 6 nitrogen and oxygen atoms in total. The Labute approximate surface area is 171 Å². The first-order valence-electron chi connectivity index (χ1n) is 9.80. The molecule has 0 unspecified atom stereocenters. The van der Waals surface area contributed by atoms with E-state index < -0.39 is 10.0 Å². The van der Waals surface area contributed by atoms with E-state index in [1.807, 2.05) is 38.1 Å². The third-order valence-electron chi connectivity index (χ3n) is 5.72. The topological polar surface area (TPSA) is 73.5 Å². The molecule has 0 spiro atoms. The zero-order valence-corrected chi connectivity index (χ0v) is 17.4. The third kappa shape index (κ3) is 3.61. The lowest BCUT2D eigenvalue weighted by atomic mass is 10.0.